The molecule has 0 aliphatic heterocycles. The molecule has 17 nitrogen and oxygen atoms in total. The first-order valence-electron chi connectivity index (χ1n) is 15.8. The standard InChI is InChI=1S/C32H43N13O4/c1-24(2)30(46)35-12-14-43(16-18-48-20-21-49-19-17-44-23-27(38-41-44)22-37-32(33)34)15-13-36-31(47)26-10-8-25(9-11-26)29-39-42-45(40-29)28-6-4-3-5-7-28/h3-11,23H,1,12-22H2,2H3,(H,35,46)(H,36,47)(H4,33,34,37)/p+1. The maximum Gasteiger partial charge on any atom is 0.339 e. The number of rotatable bonds is 21. The van der Waals surface area contributed by atoms with Gasteiger partial charge in [-0.1, -0.05) is 42.1 Å². The van der Waals surface area contributed by atoms with Gasteiger partial charge in [-0.05, 0) is 36.4 Å². The SMILES string of the molecule is C=C(C)C(=O)NCCN(CCNC(=O)c1ccc(-c2nnn(-c3ccccc3)n2)cc1)CCOCCOCCn1cc(C[NH+]=C(N)N)nn1. The van der Waals surface area contributed by atoms with E-state index in [4.69, 9.17) is 20.9 Å². The van der Waals surface area contributed by atoms with Crippen LogP contribution in [0.4, 0.5) is 0 Å². The lowest BCUT2D eigenvalue weighted by atomic mass is 10.1. The van der Waals surface area contributed by atoms with Gasteiger partial charge >= 0.3 is 5.96 Å². The molecule has 0 bridgehead atoms. The predicted molar refractivity (Wildman–Crippen MR) is 181 cm³/mol. The predicted octanol–water partition coefficient (Wildman–Crippen LogP) is -1.77. The molecule has 49 heavy (non-hydrogen) atoms. The number of carbonyl (C=O) groups excluding carboxylic acids is 2. The zero-order valence-electron chi connectivity index (χ0n) is 27.6. The second kappa shape index (κ2) is 19.3. The maximum atomic E-state index is 12.9. The molecule has 0 spiro atoms. The highest BCUT2D eigenvalue weighted by Gasteiger charge is 2.12. The van der Waals surface area contributed by atoms with E-state index in [1.807, 2.05) is 30.3 Å². The Balaban J connectivity index is 1.16. The summed E-state index contributed by atoms with van der Waals surface area (Å²) < 4.78 is 13.1. The summed E-state index contributed by atoms with van der Waals surface area (Å²) in [5.74, 6) is 0.193. The molecule has 0 aliphatic carbocycles. The second-order valence-corrected chi connectivity index (χ2v) is 11.0. The van der Waals surface area contributed by atoms with Gasteiger partial charge in [0.15, 0.2) is 0 Å². The molecule has 2 heterocycles. The van der Waals surface area contributed by atoms with E-state index in [9.17, 15) is 9.59 Å². The Morgan fingerprint density at radius 3 is 2.33 bits per heavy atom. The van der Waals surface area contributed by atoms with Crippen LogP contribution in [0, 0.1) is 0 Å². The zero-order valence-corrected chi connectivity index (χ0v) is 27.6. The number of nitrogens with two attached hydrogens (primary N) is 2. The van der Waals surface area contributed by atoms with Gasteiger partial charge in [0.25, 0.3) is 5.91 Å². The molecule has 2 aromatic carbocycles. The van der Waals surface area contributed by atoms with Crippen molar-refractivity contribution in [1.82, 2.24) is 50.7 Å². The Hall–Kier alpha value is -5.52. The van der Waals surface area contributed by atoms with Gasteiger partial charge in [0.05, 0.1) is 44.9 Å². The number of carbonyl (C=O) groups is 2. The molecule has 0 fully saturated rings. The molecule has 0 aliphatic rings. The van der Waals surface area contributed by atoms with Gasteiger partial charge in [-0.3, -0.25) is 30.9 Å². The average Bonchev–Trinajstić information content (AvgIpc) is 3.79. The minimum absolute atomic E-state index is 0.126. The largest absolute Gasteiger partial charge is 0.378 e. The third kappa shape index (κ3) is 12.5. The number of para-hydroxylation sites is 1. The first-order chi connectivity index (χ1) is 23.8. The Morgan fingerprint density at radius 1 is 0.898 bits per heavy atom. The molecule has 2 aromatic heterocycles. The lowest BCUT2D eigenvalue weighted by Gasteiger charge is -2.22. The third-order valence-corrected chi connectivity index (χ3v) is 7.07. The smallest absolute Gasteiger partial charge is 0.339 e. The fraction of sp³-hybridized carbons (Fsp3) is 0.375. The number of hydrogen-bond acceptors (Lipinski definition) is 10. The fourth-order valence-electron chi connectivity index (χ4n) is 4.41. The Morgan fingerprint density at radius 2 is 1.61 bits per heavy atom. The summed E-state index contributed by atoms with van der Waals surface area (Å²) in [6.45, 7) is 10.6. The van der Waals surface area contributed by atoms with Crippen LogP contribution in [0.1, 0.15) is 23.0 Å². The first kappa shape index (κ1) is 36.3. The zero-order chi connectivity index (χ0) is 34.8. The van der Waals surface area contributed by atoms with Crippen LogP contribution in [0.5, 0.6) is 0 Å². The van der Waals surface area contributed by atoms with Gasteiger partial charge in [0.1, 0.15) is 12.2 Å². The average molecular weight is 675 g/mol. The van der Waals surface area contributed by atoms with Crippen molar-refractivity contribution in [3.05, 3.63) is 84.2 Å². The van der Waals surface area contributed by atoms with Crippen molar-refractivity contribution in [3.63, 3.8) is 0 Å². The van der Waals surface area contributed by atoms with Crippen LogP contribution in [0.15, 0.2) is 72.9 Å². The summed E-state index contributed by atoms with van der Waals surface area (Å²) in [4.78, 5) is 31.2. The lowest BCUT2D eigenvalue weighted by molar-refractivity contribution is -0.478. The van der Waals surface area contributed by atoms with E-state index in [1.165, 1.54) is 4.80 Å². The lowest BCUT2D eigenvalue weighted by Crippen LogP contribution is -2.76. The molecule has 0 atom stereocenters. The van der Waals surface area contributed by atoms with Crippen LogP contribution in [-0.4, -0.2) is 117 Å². The molecule has 4 aromatic rings. The number of amides is 2. The number of ether oxygens (including phenoxy) is 2. The number of benzene rings is 2. The molecule has 4 rings (SSSR count). The molecule has 7 N–H and O–H groups in total. The number of aromatic nitrogens is 7. The van der Waals surface area contributed by atoms with Gasteiger partial charge in [0.2, 0.25) is 11.7 Å². The molecule has 0 saturated heterocycles. The fourth-order valence-corrected chi connectivity index (χ4v) is 4.41. The summed E-state index contributed by atoms with van der Waals surface area (Å²) in [7, 11) is 0. The Labute approximate surface area is 284 Å². The van der Waals surface area contributed by atoms with E-state index in [0.29, 0.717) is 94.9 Å². The highest BCUT2D eigenvalue weighted by molar-refractivity contribution is 5.94. The minimum atomic E-state index is -0.200. The third-order valence-electron chi connectivity index (χ3n) is 7.07. The number of nitrogens with zero attached hydrogens (tertiary/aromatic N) is 8. The quantitative estimate of drug-likeness (QED) is 0.0287. The number of tetrazole rings is 1. The van der Waals surface area contributed by atoms with Crippen LogP contribution in [0.25, 0.3) is 17.1 Å². The topological polar surface area (TPSA) is 220 Å². The Kier molecular flexibility index (Phi) is 14.3. The first-order valence-corrected chi connectivity index (χ1v) is 15.8. The highest BCUT2D eigenvalue weighted by Crippen LogP contribution is 2.16. The van der Waals surface area contributed by atoms with Crippen LogP contribution >= 0.6 is 0 Å². The highest BCUT2D eigenvalue weighted by atomic mass is 16.5. The molecule has 0 radical (unpaired) electrons. The van der Waals surface area contributed by atoms with E-state index in [0.717, 1.165) is 11.3 Å². The molecular formula is C32H44N13O4+. The van der Waals surface area contributed by atoms with Crippen LogP contribution in [0.3, 0.4) is 0 Å². The van der Waals surface area contributed by atoms with Crippen molar-refractivity contribution in [2.24, 2.45) is 11.5 Å². The molecule has 17 heteroatoms. The van der Waals surface area contributed by atoms with Crippen molar-refractivity contribution in [3.8, 4) is 17.1 Å². The summed E-state index contributed by atoms with van der Waals surface area (Å²) in [5, 5.41) is 26.6. The van der Waals surface area contributed by atoms with Crippen molar-refractivity contribution >= 4 is 17.8 Å². The van der Waals surface area contributed by atoms with E-state index < -0.39 is 0 Å². The molecular weight excluding hydrogens is 630 g/mol. The second-order valence-electron chi connectivity index (χ2n) is 11.0. The van der Waals surface area contributed by atoms with Crippen molar-refractivity contribution in [2.45, 2.75) is 20.0 Å². The number of nitrogens with one attached hydrogen (secondary N) is 3. The Bertz CT molecular complexity index is 1650. The number of hydrogen-bond donors (Lipinski definition) is 5. The summed E-state index contributed by atoms with van der Waals surface area (Å²) >= 11 is 0. The van der Waals surface area contributed by atoms with Crippen LogP contribution < -0.4 is 27.1 Å². The van der Waals surface area contributed by atoms with Crippen molar-refractivity contribution in [1.29, 1.82) is 0 Å². The van der Waals surface area contributed by atoms with Gasteiger partial charge in [0, 0.05) is 49.4 Å². The van der Waals surface area contributed by atoms with Crippen molar-refractivity contribution in [2.75, 3.05) is 59.2 Å². The molecule has 260 valence electrons. The summed E-state index contributed by atoms with van der Waals surface area (Å²) in [6, 6.07) is 16.6. The van der Waals surface area contributed by atoms with E-state index >= 15 is 0 Å². The molecule has 0 saturated carbocycles. The monoisotopic (exact) mass is 674 g/mol. The van der Waals surface area contributed by atoms with E-state index in [1.54, 1.807) is 42.1 Å². The van der Waals surface area contributed by atoms with Crippen LogP contribution in [-0.2, 0) is 27.4 Å². The summed E-state index contributed by atoms with van der Waals surface area (Å²) in [5.41, 5.74) is 14.0. The normalized spacial score (nSPS) is 11.0. The van der Waals surface area contributed by atoms with E-state index in [-0.39, 0.29) is 17.8 Å². The van der Waals surface area contributed by atoms with Gasteiger partial charge < -0.3 is 20.1 Å². The summed E-state index contributed by atoms with van der Waals surface area (Å²) in [6.07, 6.45) is 1.79. The van der Waals surface area contributed by atoms with Crippen LogP contribution in [0.2, 0.25) is 0 Å². The molecule has 2 amide bonds. The van der Waals surface area contributed by atoms with E-state index in [2.05, 4.69) is 52.8 Å². The molecule has 0 unspecified atom stereocenters. The van der Waals surface area contributed by atoms with Gasteiger partial charge in [-0.25, -0.2) is 4.68 Å². The van der Waals surface area contributed by atoms with Gasteiger partial charge in [-0.2, -0.15) is 0 Å². The van der Waals surface area contributed by atoms with Crippen molar-refractivity contribution < 1.29 is 24.1 Å². The minimum Gasteiger partial charge on any atom is -0.378 e. The number of guanidine groups is 1. The van der Waals surface area contributed by atoms with Gasteiger partial charge in [-0.15, -0.1) is 20.1 Å². The maximum absolute atomic E-state index is 12.9.